The van der Waals surface area contributed by atoms with Crippen LogP contribution in [0.5, 0.6) is 0 Å². The van der Waals surface area contributed by atoms with E-state index in [1.54, 1.807) is 0 Å². The molecule has 4 nitrogen and oxygen atoms in total. The Hall–Kier alpha value is -1.58. The summed E-state index contributed by atoms with van der Waals surface area (Å²) in [6, 6.07) is 2.56. The summed E-state index contributed by atoms with van der Waals surface area (Å²) in [5, 5.41) is 3.74. The maximum absolute atomic E-state index is 4.71. The minimum absolute atomic E-state index is 0.592. The van der Waals surface area contributed by atoms with Crippen LogP contribution in [-0.4, -0.2) is 20.4 Å². The largest absolute Gasteiger partial charge is 0.367 e. The van der Waals surface area contributed by atoms with Crippen molar-refractivity contribution in [3.05, 3.63) is 24.2 Å². The van der Waals surface area contributed by atoms with Gasteiger partial charge in [-0.2, -0.15) is 0 Å². The van der Waals surface area contributed by atoms with E-state index in [9.17, 15) is 0 Å². The van der Waals surface area contributed by atoms with Crippen molar-refractivity contribution in [3.8, 4) is 0 Å². The predicted octanol–water partition coefficient (Wildman–Crippen LogP) is 3.67. The Kier molecular flexibility index (Phi) is 3.90. The lowest BCUT2D eigenvalue weighted by atomic mass is 9.95. The zero-order valence-corrected chi connectivity index (χ0v) is 12.5. The molecule has 0 bridgehead atoms. The van der Waals surface area contributed by atoms with Gasteiger partial charge in [0.25, 0.3) is 0 Å². The maximum Gasteiger partial charge on any atom is 0.235 e. The summed E-state index contributed by atoms with van der Waals surface area (Å²) in [5.74, 6) is 2.57. The van der Waals surface area contributed by atoms with Gasteiger partial charge in [-0.3, -0.25) is 4.40 Å². The van der Waals surface area contributed by atoms with Crippen molar-refractivity contribution in [2.75, 3.05) is 5.32 Å². The van der Waals surface area contributed by atoms with Gasteiger partial charge in [-0.1, -0.05) is 33.1 Å². The molecular weight excluding hydrogens is 248 g/mol. The summed E-state index contributed by atoms with van der Waals surface area (Å²) < 4.78 is 2.10. The van der Waals surface area contributed by atoms with E-state index in [0.29, 0.717) is 12.0 Å². The smallest absolute Gasteiger partial charge is 0.235 e. The van der Waals surface area contributed by atoms with Gasteiger partial charge in [-0.05, 0) is 31.2 Å². The molecule has 0 unspecified atom stereocenters. The van der Waals surface area contributed by atoms with Gasteiger partial charge in [0.2, 0.25) is 5.78 Å². The molecule has 0 aromatic carbocycles. The van der Waals surface area contributed by atoms with E-state index in [1.165, 1.54) is 32.1 Å². The molecule has 0 saturated heterocycles. The Bertz CT molecular complexity index is 567. The van der Waals surface area contributed by atoms with Gasteiger partial charge >= 0.3 is 0 Å². The second-order valence-corrected chi connectivity index (χ2v) is 6.27. The van der Waals surface area contributed by atoms with Crippen LogP contribution >= 0.6 is 0 Å². The van der Waals surface area contributed by atoms with E-state index in [4.69, 9.17) is 4.98 Å². The normalized spacial score (nSPS) is 16.9. The average molecular weight is 272 g/mol. The first-order valence-electron chi connectivity index (χ1n) is 7.82. The molecule has 108 valence electrons. The fourth-order valence-corrected chi connectivity index (χ4v) is 3.06. The number of fused-ring (bicyclic) bond motifs is 1. The molecule has 0 atom stereocenters. The number of nitrogens with zero attached hydrogens (tertiary/aromatic N) is 3. The van der Waals surface area contributed by atoms with Crippen molar-refractivity contribution < 1.29 is 0 Å². The molecule has 2 aromatic heterocycles. The van der Waals surface area contributed by atoms with E-state index in [-0.39, 0.29) is 0 Å². The van der Waals surface area contributed by atoms with Gasteiger partial charge in [0, 0.05) is 18.4 Å². The molecule has 0 radical (unpaired) electrons. The molecule has 2 aromatic rings. The first-order chi connectivity index (χ1) is 9.74. The molecule has 0 amide bonds. The van der Waals surface area contributed by atoms with Gasteiger partial charge in [-0.25, -0.2) is 9.97 Å². The van der Waals surface area contributed by atoms with Crippen molar-refractivity contribution in [2.45, 2.75) is 58.4 Å². The summed E-state index contributed by atoms with van der Waals surface area (Å²) in [4.78, 5) is 9.08. The van der Waals surface area contributed by atoms with Crippen LogP contribution in [0, 0.1) is 5.92 Å². The van der Waals surface area contributed by atoms with Gasteiger partial charge in [0.15, 0.2) is 0 Å². The molecule has 3 rings (SSSR count). The van der Waals surface area contributed by atoms with Gasteiger partial charge in [0.1, 0.15) is 5.82 Å². The Labute approximate surface area is 120 Å². The average Bonchev–Trinajstić information content (AvgIpc) is 2.77. The highest BCUT2D eigenvalue weighted by Crippen LogP contribution is 2.25. The third-order valence-corrected chi connectivity index (χ3v) is 4.02. The van der Waals surface area contributed by atoms with Crippen LogP contribution in [0.3, 0.4) is 0 Å². The van der Waals surface area contributed by atoms with Crippen molar-refractivity contribution in [3.63, 3.8) is 0 Å². The standard InChI is InChI=1S/C16H24N4/c1-12(2)11-14-15(18-13-7-4-3-5-8-13)20-10-6-9-17-16(20)19-14/h6,9-10,12-13,18H,3-5,7-8,11H2,1-2H3. The fraction of sp³-hybridized carbons (Fsp3) is 0.625. The zero-order valence-electron chi connectivity index (χ0n) is 12.5. The van der Waals surface area contributed by atoms with Crippen LogP contribution in [0.15, 0.2) is 18.5 Å². The Morgan fingerprint density at radius 1 is 1.30 bits per heavy atom. The van der Waals surface area contributed by atoms with E-state index < -0.39 is 0 Å². The van der Waals surface area contributed by atoms with Gasteiger partial charge in [0.05, 0.1) is 5.69 Å². The lowest BCUT2D eigenvalue weighted by molar-refractivity contribution is 0.461. The first kappa shape index (κ1) is 13.4. The molecule has 1 aliphatic rings. The highest BCUT2D eigenvalue weighted by molar-refractivity contribution is 5.52. The van der Waals surface area contributed by atoms with E-state index >= 15 is 0 Å². The molecule has 4 heteroatoms. The lowest BCUT2D eigenvalue weighted by Gasteiger charge is -2.24. The minimum Gasteiger partial charge on any atom is -0.367 e. The van der Waals surface area contributed by atoms with Crippen molar-refractivity contribution >= 4 is 11.6 Å². The van der Waals surface area contributed by atoms with Gasteiger partial charge in [-0.15, -0.1) is 0 Å². The second-order valence-electron chi connectivity index (χ2n) is 6.27. The predicted molar refractivity (Wildman–Crippen MR) is 82.0 cm³/mol. The Morgan fingerprint density at radius 2 is 2.10 bits per heavy atom. The zero-order chi connectivity index (χ0) is 13.9. The van der Waals surface area contributed by atoms with Crippen LogP contribution in [0.25, 0.3) is 5.78 Å². The molecule has 20 heavy (non-hydrogen) atoms. The molecule has 0 spiro atoms. The van der Waals surface area contributed by atoms with Crippen LogP contribution in [0.2, 0.25) is 0 Å². The summed E-state index contributed by atoms with van der Waals surface area (Å²) in [7, 11) is 0. The maximum atomic E-state index is 4.71. The monoisotopic (exact) mass is 272 g/mol. The van der Waals surface area contributed by atoms with Crippen LogP contribution in [0.1, 0.15) is 51.6 Å². The summed E-state index contributed by atoms with van der Waals surface area (Å²) in [6.45, 7) is 4.48. The molecule has 1 fully saturated rings. The lowest BCUT2D eigenvalue weighted by Crippen LogP contribution is -2.23. The third kappa shape index (κ3) is 2.79. The Balaban J connectivity index is 1.92. The van der Waals surface area contributed by atoms with Crippen molar-refractivity contribution in [1.29, 1.82) is 0 Å². The molecule has 1 N–H and O–H groups in total. The fourth-order valence-electron chi connectivity index (χ4n) is 3.06. The summed E-state index contributed by atoms with van der Waals surface area (Å²) in [5.41, 5.74) is 1.16. The van der Waals surface area contributed by atoms with Crippen molar-refractivity contribution in [2.24, 2.45) is 5.92 Å². The molecule has 1 saturated carbocycles. The quantitative estimate of drug-likeness (QED) is 0.923. The molecular formula is C16H24N4. The number of hydrogen-bond acceptors (Lipinski definition) is 3. The molecule has 1 aliphatic carbocycles. The first-order valence-corrected chi connectivity index (χ1v) is 7.82. The third-order valence-electron chi connectivity index (χ3n) is 4.02. The van der Waals surface area contributed by atoms with E-state index in [2.05, 4.69) is 34.7 Å². The number of imidazole rings is 1. The highest BCUT2D eigenvalue weighted by Gasteiger charge is 2.19. The topological polar surface area (TPSA) is 42.2 Å². The number of rotatable bonds is 4. The molecule has 2 heterocycles. The highest BCUT2D eigenvalue weighted by atomic mass is 15.2. The summed E-state index contributed by atoms with van der Waals surface area (Å²) >= 11 is 0. The van der Waals surface area contributed by atoms with Gasteiger partial charge < -0.3 is 5.32 Å². The number of nitrogens with one attached hydrogen (secondary N) is 1. The SMILES string of the molecule is CC(C)Cc1nc2ncccn2c1NC1CCCCC1. The van der Waals surface area contributed by atoms with Crippen LogP contribution in [0.4, 0.5) is 5.82 Å². The van der Waals surface area contributed by atoms with Crippen LogP contribution in [-0.2, 0) is 6.42 Å². The molecule has 0 aliphatic heterocycles. The van der Waals surface area contributed by atoms with E-state index in [1.807, 2.05) is 12.3 Å². The summed E-state index contributed by atoms with van der Waals surface area (Å²) in [6.07, 6.45) is 11.5. The number of aromatic nitrogens is 3. The minimum atomic E-state index is 0.592. The van der Waals surface area contributed by atoms with Crippen LogP contribution < -0.4 is 5.32 Å². The number of hydrogen-bond donors (Lipinski definition) is 1. The van der Waals surface area contributed by atoms with Crippen molar-refractivity contribution in [1.82, 2.24) is 14.4 Å². The van der Waals surface area contributed by atoms with E-state index in [0.717, 1.165) is 23.7 Å². The second kappa shape index (κ2) is 5.81. The Morgan fingerprint density at radius 3 is 2.85 bits per heavy atom. The number of anilines is 1.